The number of thiophene rings is 1. The van der Waals surface area contributed by atoms with E-state index in [4.69, 9.17) is 14.2 Å². The molecule has 0 saturated heterocycles. The highest BCUT2D eigenvalue weighted by Gasteiger charge is 2.26. The number of rotatable bonds is 9. The van der Waals surface area contributed by atoms with Gasteiger partial charge in [0, 0.05) is 22.3 Å². The third-order valence-electron chi connectivity index (χ3n) is 4.72. The van der Waals surface area contributed by atoms with E-state index in [1.54, 1.807) is 43.7 Å². The minimum Gasteiger partial charge on any atom is -0.497 e. The molecule has 3 rings (SSSR count). The van der Waals surface area contributed by atoms with E-state index in [0.29, 0.717) is 11.3 Å². The van der Waals surface area contributed by atoms with E-state index in [-0.39, 0.29) is 29.3 Å². The molecular formula is C22H23NO8S2. The molecule has 1 unspecified atom stereocenters. The second kappa shape index (κ2) is 10.6. The molecular weight excluding hydrogens is 470 g/mol. The highest BCUT2D eigenvalue weighted by molar-refractivity contribution is 7.94. The van der Waals surface area contributed by atoms with Crippen molar-refractivity contribution in [1.29, 1.82) is 0 Å². The van der Waals surface area contributed by atoms with Gasteiger partial charge in [-0.05, 0) is 24.6 Å². The van der Waals surface area contributed by atoms with Crippen LogP contribution in [0.1, 0.15) is 23.7 Å². The van der Waals surface area contributed by atoms with Gasteiger partial charge in [-0.2, -0.15) is 0 Å². The molecule has 0 fully saturated rings. The van der Waals surface area contributed by atoms with Crippen LogP contribution >= 0.6 is 11.3 Å². The smallest absolute Gasteiger partial charge is 0.341 e. The molecule has 1 aromatic heterocycles. The minimum absolute atomic E-state index is 0.141. The van der Waals surface area contributed by atoms with E-state index in [9.17, 15) is 22.8 Å². The third kappa shape index (κ3) is 6.42. The number of carbonyl (C=O) groups excluding carboxylic acids is 3. The summed E-state index contributed by atoms with van der Waals surface area (Å²) in [7, 11) is -1.72. The maximum Gasteiger partial charge on any atom is 0.341 e. The topological polar surface area (TPSA) is 125 Å². The Kier molecular flexibility index (Phi) is 7.88. The predicted molar refractivity (Wildman–Crippen MR) is 123 cm³/mol. The Balaban J connectivity index is 1.67. The van der Waals surface area contributed by atoms with Crippen molar-refractivity contribution in [3.8, 4) is 16.9 Å². The summed E-state index contributed by atoms with van der Waals surface area (Å²) in [6.45, 7) is 1.27. The van der Waals surface area contributed by atoms with Crippen LogP contribution in [0.5, 0.6) is 5.75 Å². The SMILES string of the molecule is CCOC(=O)c1c(-c2ccc(OC)cc2)csc1NC(=O)COC(=O)CC1C=CS(=O)(=O)C1. The lowest BCUT2D eigenvalue weighted by molar-refractivity contribution is -0.147. The van der Waals surface area contributed by atoms with Gasteiger partial charge in [0.2, 0.25) is 0 Å². The van der Waals surface area contributed by atoms with Gasteiger partial charge in [-0.25, -0.2) is 13.2 Å². The maximum atomic E-state index is 12.6. The molecule has 0 spiro atoms. The molecule has 1 aliphatic rings. The lowest BCUT2D eigenvalue weighted by atomic mass is 10.0. The molecule has 0 bridgehead atoms. The van der Waals surface area contributed by atoms with E-state index in [1.165, 1.54) is 6.08 Å². The van der Waals surface area contributed by atoms with Crippen LogP contribution in [0.25, 0.3) is 11.1 Å². The number of methoxy groups -OCH3 is 1. The fourth-order valence-corrected chi connectivity index (χ4v) is 5.56. The van der Waals surface area contributed by atoms with Crippen molar-refractivity contribution in [2.24, 2.45) is 5.92 Å². The summed E-state index contributed by atoms with van der Waals surface area (Å²) in [5.74, 6) is -1.87. The number of allylic oxidation sites excluding steroid dienone is 1. The zero-order chi connectivity index (χ0) is 24.0. The van der Waals surface area contributed by atoms with E-state index >= 15 is 0 Å². The summed E-state index contributed by atoms with van der Waals surface area (Å²) in [5.41, 5.74) is 1.53. The van der Waals surface area contributed by atoms with Crippen LogP contribution in [-0.4, -0.2) is 52.3 Å². The van der Waals surface area contributed by atoms with Crippen molar-refractivity contribution < 1.29 is 37.0 Å². The predicted octanol–water partition coefficient (Wildman–Crippen LogP) is 3.03. The first-order valence-corrected chi connectivity index (χ1v) is 12.6. The lowest BCUT2D eigenvalue weighted by Gasteiger charge is -2.10. The van der Waals surface area contributed by atoms with Crippen molar-refractivity contribution in [1.82, 2.24) is 0 Å². The molecule has 1 N–H and O–H groups in total. The molecule has 0 saturated carbocycles. The molecule has 9 nitrogen and oxygen atoms in total. The number of esters is 2. The summed E-state index contributed by atoms with van der Waals surface area (Å²) in [6.07, 6.45) is 1.30. The number of anilines is 1. The van der Waals surface area contributed by atoms with E-state index in [2.05, 4.69) is 5.32 Å². The Morgan fingerprint density at radius 3 is 2.48 bits per heavy atom. The molecule has 0 aliphatic carbocycles. The number of ether oxygens (including phenoxy) is 3. The van der Waals surface area contributed by atoms with Crippen LogP contribution in [0.15, 0.2) is 41.1 Å². The van der Waals surface area contributed by atoms with Gasteiger partial charge >= 0.3 is 11.9 Å². The summed E-state index contributed by atoms with van der Waals surface area (Å²) in [6, 6.07) is 7.08. The molecule has 2 heterocycles. The van der Waals surface area contributed by atoms with E-state index in [0.717, 1.165) is 22.3 Å². The second-order valence-corrected chi connectivity index (χ2v) is 9.94. The van der Waals surface area contributed by atoms with Gasteiger partial charge in [-0.1, -0.05) is 18.2 Å². The number of sulfone groups is 1. The summed E-state index contributed by atoms with van der Waals surface area (Å²) in [5, 5.41) is 5.66. The molecule has 176 valence electrons. The van der Waals surface area contributed by atoms with Crippen molar-refractivity contribution in [2.45, 2.75) is 13.3 Å². The molecule has 2 aromatic rings. The van der Waals surface area contributed by atoms with Crippen LogP contribution < -0.4 is 10.1 Å². The number of benzene rings is 1. The Morgan fingerprint density at radius 1 is 1.15 bits per heavy atom. The van der Waals surface area contributed by atoms with Gasteiger partial charge < -0.3 is 19.5 Å². The first-order chi connectivity index (χ1) is 15.7. The quantitative estimate of drug-likeness (QED) is 0.529. The third-order valence-corrected chi connectivity index (χ3v) is 7.08. The standard InChI is InChI=1S/C22H23NO8S2/c1-3-30-22(26)20-17(15-4-6-16(29-2)7-5-15)12-32-21(20)23-18(24)11-31-19(25)10-14-8-9-33(27,28)13-14/h4-9,12,14H,3,10-11,13H2,1-2H3,(H,23,24). The fourth-order valence-electron chi connectivity index (χ4n) is 3.19. The lowest BCUT2D eigenvalue weighted by Crippen LogP contribution is -2.23. The largest absolute Gasteiger partial charge is 0.497 e. The molecule has 11 heteroatoms. The Hall–Kier alpha value is -3.18. The molecule has 1 aliphatic heterocycles. The normalized spacial score (nSPS) is 16.2. The van der Waals surface area contributed by atoms with Crippen molar-refractivity contribution in [3.63, 3.8) is 0 Å². The van der Waals surface area contributed by atoms with Gasteiger partial charge in [-0.3, -0.25) is 9.59 Å². The van der Waals surface area contributed by atoms with Gasteiger partial charge in [0.15, 0.2) is 16.4 Å². The van der Waals surface area contributed by atoms with Crippen LogP contribution in [0, 0.1) is 5.92 Å². The fraction of sp³-hybridized carbons (Fsp3) is 0.318. The molecule has 1 amide bonds. The highest BCUT2D eigenvalue weighted by Crippen LogP contribution is 2.36. The zero-order valence-electron chi connectivity index (χ0n) is 18.0. The second-order valence-electron chi connectivity index (χ2n) is 7.13. The Bertz CT molecular complexity index is 1170. The molecule has 0 radical (unpaired) electrons. The molecule has 1 aromatic carbocycles. The number of nitrogens with one attached hydrogen (secondary N) is 1. The summed E-state index contributed by atoms with van der Waals surface area (Å²) in [4.78, 5) is 36.9. The van der Waals surface area contributed by atoms with Crippen LogP contribution in [0.2, 0.25) is 0 Å². The first kappa shape index (κ1) is 24.5. The number of carbonyl (C=O) groups is 3. The van der Waals surface area contributed by atoms with Crippen LogP contribution in [-0.2, 0) is 28.9 Å². The van der Waals surface area contributed by atoms with E-state index < -0.39 is 40.2 Å². The van der Waals surface area contributed by atoms with E-state index in [1.807, 2.05) is 0 Å². The van der Waals surface area contributed by atoms with Gasteiger partial charge in [0.05, 0.1) is 25.9 Å². The monoisotopic (exact) mass is 493 g/mol. The van der Waals surface area contributed by atoms with Gasteiger partial charge in [-0.15, -0.1) is 11.3 Å². The Labute approximate surface area is 195 Å². The first-order valence-electron chi connectivity index (χ1n) is 10.0. The highest BCUT2D eigenvalue weighted by atomic mass is 32.2. The number of hydrogen-bond acceptors (Lipinski definition) is 9. The van der Waals surface area contributed by atoms with Gasteiger partial charge in [0.1, 0.15) is 16.3 Å². The van der Waals surface area contributed by atoms with Gasteiger partial charge in [0.25, 0.3) is 5.91 Å². The van der Waals surface area contributed by atoms with Crippen LogP contribution in [0.3, 0.4) is 0 Å². The number of hydrogen-bond donors (Lipinski definition) is 1. The number of amides is 1. The maximum absolute atomic E-state index is 12.6. The van der Waals surface area contributed by atoms with Crippen LogP contribution in [0.4, 0.5) is 5.00 Å². The summed E-state index contributed by atoms with van der Waals surface area (Å²) >= 11 is 1.14. The minimum atomic E-state index is -3.27. The summed E-state index contributed by atoms with van der Waals surface area (Å²) < 4.78 is 38.1. The van der Waals surface area contributed by atoms with Crippen molar-refractivity contribution in [3.05, 3.63) is 46.7 Å². The zero-order valence-corrected chi connectivity index (χ0v) is 19.7. The average Bonchev–Trinajstić information content (AvgIpc) is 3.35. The average molecular weight is 494 g/mol. The molecule has 1 atom stereocenters. The Morgan fingerprint density at radius 2 is 1.88 bits per heavy atom. The van der Waals surface area contributed by atoms with Crippen molar-refractivity contribution >= 4 is 44.0 Å². The van der Waals surface area contributed by atoms with Crippen molar-refractivity contribution in [2.75, 3.05) is 31.4 Å². The molecule has 33 heavy (non-hydrogen) atoms.